The van der Waals surface area contributed by atoms with Gasteiger partial charge in [-0.25, -0.2) is 4.39 Å². The maximum absolute atomic E-state index is 13.5. The van der Waals surface area contributed by atoms with Gasteiger partial charge in [-0.2, -0.15) is 0 Å². The SMILES string of the molecule is CC(C)(C)NC(=O)C1(C(=O)Nc2ccccc2F)CC1. The first-order valence-electron chi connectivity index (χ1n) is 6.63. The van der Waals surface area contributed by atoms with E-state index in [1.54, 1.807) is 12.1 Å². The predicted octanol–water partition coefficient (Wildman–Crippen LogP) is 2.46. The molecule has 5 heteroatoms. The Kier molecular flexibility index (Phi) is 3.54. The lowest BCUT2D eigenvalue weighted by Crippen LogP contribution is -2.48. The van der Waals surface area contributed by atoms with Gasteiger partial charge in [-0.1, -0.05) is 12.1 Å². The number of amides is 2. The molecule has 0 heterocycles. The molecule has 0 radical (unpaired) electrons. The van der Waals surface area contributed by atoms with E-state index in [0.717, 1.165) is 0 Å². The summed E-state index contributed by atoms with van der Waals surface area (Å²) in [4.78, 5) is 24.4. The Hall–Kier alpha value is -1.91. The molecular weight excluding hydrogens is 259 g/mol. The maximum Gasteiger partial charge on any atom is 0.240 e. The second-order valence-corrected chi connectivity index (χ2v) is 6.22. The highest BCUT2D eigenvalue weighted by atomic mass is 19.1. The van der Waals surface area contributed by atoms with Gasteiger partial charge < -0.3 is 10.6 Å². The van der Waals surface area contributed by atoms with Crippen molar-refractivity contribution in [2.75, 3.05) is 5.32 Å². The molecule has 2 amide bonds. The molecule has 1 aliphatic carbocycles. The van der Waals surface area contributed by atoms with Crippen molar-refractivity contribution in [1.82, 2.24) is 5.32 Å². The van der Waals surface area contributed by atoms with Gasteiger partial charge in [0.2, 0.25) is 11.8 Å². The molecule has 2 rings (SSSR count). The molecule has 0 bridgehead atoms. The minimum absolute atomic E-state index is 0.104. The van der Waals surface area contributed by atoms with E-state index in [-0.39, 0.29) is 11.6 Å². The summed E-state index contributed by atoms with van der Waals surface area (Å²) < 4.78 is 13.5. The van der Waals surface area contributed by atoms with E-state index >= 15 is 0 Å². The van der Waals surface area contributed by atoms with Gasteiger partial charge >= 0.3 is 0 Å². The van der Waals surface area contributed by atoms with Crippen LogP contribution in [0.2, 0.25) is 0 Å². The molecule has 1 aliphatic rings. The van der Waals surface area contributed by atoms with Crippen LogP contribution in [-0.4, -0.2) is 17.4 Å². The summed E-state index contributed by atoms with van der Waals surface area (Å²) in [5.41, 5.74) is -1.34. The second kappa shape index (κ2) is 4.89. The fourth-order valence-corrected chi connectivity index (χ4v) is 1.95. The third kappa shape index (κ3) is 2.98. The molecule has 0 unspecified atom stereocenters. The molecular formula is C15H19FN2O2. The number of carbonyl (C=O) groups is 2. The maximum atomic E-state index is 13.5. The highest BCUT2D eigenvalue weighted by Gasteiger charge is 2.57. The summed E-state index contributed by atoms with van der Waals surface area (Å²) in [7, 11) is 0. The molecule has 4 nitrogen and oxygen atoms in total. The van der Waals surface area contributed by atoms with Crippen molar-refractivity contribution in [2.24, 2.45) is 5.41 Å². The Morgan fingerprint density at radius 2 is 1.75 bits per heavy atom. The standard InChI is InChI=1S/C15H19FN2O2/c1-14(2,3)18-13(20)15(8-9-15)12(19)17-11-7-5-4-6-10(11)16/h4-7H,8-9H2,1-3H3,(H,17,19)(H,18,20). The number of benzene rings is 1. The fraction of sp³-hybridized carbons (Fsp3) is 0.467. The topological polar surface area (TPSA) is 58.2 Å². The van der Waals surface area contributed by atoms with Crippen LogP contribution in [0.5, 0.6) is 0 Å². The average Bonchev–Trinajstić information content (AvgIpc) is 3.11. The van der Waals surface area contributed by atoms with Crippen LogP contribution in [-0.2, 0) is 9.59 Å². The van der Waals surface area contributed by atoms with Gasteiger partial charge in [0.1, 0.15) is 11.2 Å². The third-order valence-corrected chi connectivity index (χ3v) is 3.23. The number of para-hydroxylation sites is 1. The molecule has 0 aliphatic heterocycles. The number of nitrogens with one attached hydrogen (secondary N) is 2. The molecule has 0 spiro atoms. The monoisotopic (exact) mass is 278 g/mol. The molecule has 0 atom stereocenters. The minimum Gasteiger partial charge on any atom is -0.351 e. The van der Waals surface area contributed by atoms with Crippen molar-refractivity contribution in [2.45, 2.75) is 39.2 Å². The molecule has 1 aromatic carbocycles. The Bertz CT molecular complexity index is 545. The normalized spacial score (nSPS) is 16.4. The summed E-state index contributed by atoms with van der Waals surface area (Å²) in [5, 5.41) is 5.31. The fourth-order valence-electron chi connectivity index (χ4n) is 1.95. The summed E-state index contributed by atoms with van der Waals surface area (Å²) in [5.74, 6) is -1.24. The van der Waals surface area contributed by atoms with Gasteiger partial charge in [0.15, 0.2) is 0 Å². The minimum atomic E-state index is -1.05. The lowest BCUT2D eigenvalue weighted by molar-refractivity contribution is -0.135. The third-order valence-electron chi connectivity index (χ3n) is 3.23. The largest absolute Gasteiger partial charge is 0.351 e. The Morgan fingerprint density at radius 1 is 1.15 bits per heavy atom. The van der Waals surface area contributed by atoms with Crippen LogP contribution in [0.15, 0.2) is 24.3 Å². The van der Waals surface area contributed by atoms with E-state index in [0.29, 0.717) is 12.8 Å². The zero-order valence-electron chi connectivity index (χ0n) is 11.9. The summed E-state index contributed by atoms with van der Waals surface area (Å²) in [6.07, 6.45) is 0.990. The van der Waals surface area contributed by atoms with Crippen LogP contribution < -0.4 is 10.6 Å². The van der Waals surface area contributed by atoms with Crippen LogP contribution in [0.25, 0.3) is 0 Å². The molecule has 0 aromatic heterocycles. The van der Waals surface area contributed by atoms with E-state index < -0.39 is 22.7 Å². The van der Waals surface area contributed by atoms with Crippen molar-refractivity contribution >= 4 is 17.5 Å². The molecule has 0 saturated heterocycles. The van der Waals surface area contributed by atoms with Gasteiger partial charge in [0.25, 0.3) is 0 Å². The first kappa shape index (κ1) is 14.5. The lowest BCUT2D eigenvalue weighted by Gasteiger charge is -2.24. The van der Waals surface area contributed by atoms with Crippen molar-refractivity contribution < 1.29 is 14.0 Å². The quantitative estimate of drug-likeness (QED) is 0.834. The summed E-state index contributed by atoms with van der Waals surface area (Å²) in [6.45, 7) is 5.57. The summed E-state index contributed by atoms with van der Waals surface area (Å²) >= 11 is 0. The molecule has 2 N–H and O–H groups in total. The van der Waals surface area contributed by atoms with Crippen molar-refractivity contribution in [3.8, 4) is 0 Å². The number of hydrogen-bond donors (Lipinski definition) is 2. The molecule has 20 heavy (non-hydrogen) atoms. The van der Waals surface area contributed by atoms with Crippen LogP contribution in [0.1, 0.15) is 33.6 Å². The van der Waals surface area contributed by atoms with Gasteiger partial charge in [0.05, 0.1) is 5.69 Å². The van der Waals surface area contributed by atoms with Crippen molar-refractivity contribution in [3.05, 3.63) is 30.1 Å². The number of halogens is 1. The van der Waals surface area contributed by atoms with Crippen molar-refractivity contribution in [1.29, 1.82) is 0 Å². The lowest BCUT2D eigenvalue weighted by atomic mass is 10.0. The highest BCUT2D eigenvalue weighted by molar-refractivity contribution is 6.13. The van der Waals surface area contributed by atoms with E-state index in [4.69, 9.17) is 0 Å². The first-order valence-corrected chi connectivity index (χ1v) is 6.63. The zero-order chi connectivity index (χ0) is 15.0. The smallest absolute Gasteiger partial charge is 0.240 e. The first-order chi connectivity index (χ1) is 9.24. The average molecular weight is 278 g/mol. The summed E-state index contributed by atoms with van der Waals surface area (Å²) in [6, 6.07) is 5.92. The Labute approximate surface area is 117 Å². The van der Waals surface area contributed by atoms with Crippen LogP contribution in [0.4, 0.5) is 10.1 Å². The van der Waals surface area contributed by atoms with Crippen molar-refractivity contribution in [3.63, 3.8) is 0 Å². The van der Waals surface area contributed by atoms with Gasteiger partial charge in [-0.15, -0.1) is 0 Å². The van der Waals surface area contributed by atoms with Crippen LogP contribution in [0.3, 0.4) is 0 Å². The highest BCUT2D eigenvalue weighted by Crippen LogP contribution is 2.47. The zero-order valence-corrected chi connectivity index (χ0v) is 11.9. The number of carbonyl (C=O) groups excluding carboxylic acids is 2. The van der Waals surface area contributed by atoms with E-state index in [2.05, 4.69) is 10.6 Å². The second-order valence-electron chi connectivity index (χ2n) is 6.22. The van der Waals surface area contributed by atoms with Gasteiger partial charge in [0, 0.05) is 5.54 Å². The Morgan fingerprint density at radius 3 is 2.25 bits per heavy atom. The molecule has 1 saturated carbocycles. The molecule has 1 fully saturated rings. The number of anilines is 1. The molecule has 108 valence electrons. The number of rotatable bonds is 3. The van der Waals surface area contributed by atoms with Crippen LogP contribution in [0, 0.1) is 11.2 Å². The van der Waals surface area contributed by atoms with E-state index in [1.807, 2.05) is 20.8 Å². The van der Waals surface area contributed by atoms with E-state index in [9.17, 15) is 14.0 Å². The van der Waals surface area contributed by atoms with Gasteiger partial charge in [-0.05, 0) is 45.7 Å². The predicted molar refractivity (Wildman–Crippen MR) is 74.6 cm³/mol. The van der Waals surface area contributed by atoms with E-state index in [1.165, 1.54) is 12.1 Å². The number of hydrogen-bond acceptors (Lipinski definition) is 2. The van der Waals surface area contributed by atoms with Gasteiger partial charge in [-0.3, -0.25) is 9.59 Å². The van der Waals surface area contributed by atoms with Crippen LogP contribution >= 0.6 is 0 Å². The molecule has 1 aromatic rings. The Balaban J connectivity index is 2.09.